The standard InChI is InChI=1S/C12H21N3OS/c1-9-3-2-4-12(5-9,8-13)6-10-14-11(7-17)16-15-10/h7,9,11H,2-6,8,13H2,1H3,(H,14,15). The third-order valence-electron chi connectivity index (χ3n) is 3.87. The van der Waals surface area contributed by atoms with Gasteiger partial charge in [0.25, 0.3) is 0 Å². The highest BCUT2D eigenvalue weighted by molar-refractivity contribution is 7.79. The van der Waals surface area contributed by atoms with Crippen LogP contribution in [0.25, 0.3) is 0 Å². The summed E-state index contributed by atoms with van der Waals surface area (Å²) in [7, 11) is 0. The maximum atomic E-state index is 5.99. The minimum absolute atomic E-state index is 0.198. The lowest BCUT2D eigenvalue weighted by molar-refractivity contribution is 0.126. The molecule has 2 aliphatic rings. The average Bonchev–Trinajstić information content (AvgIpc) is 2.76. The highest BCUT2D eigenvalue weighted by Gasteiger charge is 2.36. The van der Waals surface area contributed by atoms with Gasteiger partial charge in [-0.1, -0.05) is 37.1 Å². The van der Waals surface area contributed by atoms with Crippen LogP contribution in [0, 0.1) is 11.3 Å². The van der Waals surface area contributed by atoms with Gasteiger partial charge in [-0.25, -0.2) is 0 Å². The van der Waals surface area contributed by atoms with Crippen LogP contribution in [-0.2, 0) is 4.84 Å². The minimum atomic E-state index is -0.240. The molecule has 1 saturated carbocycles. The van der Waals surface area contributed by atoms with Crippen LogP contribution in [0.3, 0.4) is 0 Å². The summed E-state index contributed by atoms with van der Waals surface area (Å²) < 4.78 is 0. The van der Waals surface area contributed by atoms with E-state index in [0.29, 0.717) is 0 Å². The van der Waals surface area contributed by atoms with Gasteiger partial charge in [0.05, 0.1) is 0 Å². The van der Waals surface area contributed by atoms with Crippen molar-refractivity contribution in [2.24, 2.45) is 22.2 Å². The van der Waals surface area contributed by atoms with Crippen molar-refractivity contribution in [2.45, 2.75) is 45.3 Å². The Hall–Kier alpha value is -0.680. The highest BCUT2D eigenvalue weighted by Crippen LogP contribution is 2.41. The zero-order chi connectivity index (χ0) is 12.3. The number of hydrogen-bond donors (Lipinski definition) is 2. The zero-order valence-electron chi connectivity index (χ0n) is 10.3. The predicted molar refractivity (Wildman–Crippen MR) is 72.8 cm³/mol. The lowest BCUT2D eigenvalue weighted by Gasteiger charge is -2.39. The molecule has 3 unspecified atom stereocenters. The Bertz CT molecular complexity index is 321. The van der Waals surface area contributed by atoms with Crippen molar-refractivity contribution in [3.63, 3.8) is 0 Å². The van der Waals surface area contributed by atoms with E-state index in [4.69, 9.17) is 22.8 Å². The maximum absolute atomic E-state index is 5.99. The second-order valence-corrected chi connectivity index (χ2v) is 5.70. The van der Waals surface area contributed by atoms with Gasteiger partial charge in [-0.3, -0.25) is 0 Å². The van der Waals surface area contributed by atoms with Gasteiger partial charge in [0.15, 0.2) is 0 Å². The Labute approximate surface area is 108 Å². The Morgan fingerprint density at radius 1 is 1.71 bits per heavy atom. The van der Waals surface area contributed by atoms with Crippen LogP contribution in [0.4, 0.5) is 0 Å². The molecule has 3 atom stereocenters. The number of amidine groups is 1. The van der Waals surface area contributed by atoms with E-state index in [-0.39, 0.29) is 11.6 Å². The molecule has 17 heavy (non-hydrogen) atoms. The Balaban J connectivity index is 1.97. The quantitative estimate of drug-likeness (QED) is 0.752. The van der Waals surface area contributed by atoms with Crippen molar-refractivity contribution in [1.29, 1.82) is 0 Å². The van der Waals surface area contributed by atoms with Crippen LogP contribution >= 0.6 is 12.2 Å². The van der Waals surface area contributed by atoms with E-state index < -0.39 is 0 Å². The van der Waals surface area contributed by atoms with E-state index >= 15 is 0 Å². The first-order valence-corrected chi connectivity index (χ1v) is 6.79. The van der Waals surface area contributed by atoms with Crippen molar-refractivity contribution in [1.82, 2.24) is 5.32 Å². The average molecular weight is 255 g/mol. The summed E-state index contributed by atoms with van der Waals surface area (Å²) in [5.41, 5.74) is 6.19. The molecule has 0 aromatic carbocycles. The van der Waals surface area contributed by atoms with Gasteiger partial charge in [0.2, 0.25) is 6.23 Å². The van der Waals surface area contributed by atoms with Gasteiger partial charge in [-0.15, -0.1) is 0 Å². The molecule has 1 aliphatic heterocycles. The number of oxime groups is 1. The van der Waals surface area contributed by atoms with Gasteiger partial charge in [0, 0.05) is 11.8 Å². The van der Waals surface area contributed by atoms with E-state index in [1.54, 1.807) is 5.37 Å². The van der Waals surface area contributed by atoms with Gasteiger partial charge in [-0.05, 0) is 30.7 Å². The minimum Gasteiger partial charge on any atom is -0.364 e. The monoisotopic (exact) mass is 255 g/mol. The van der Waals surface area contributed by atoms with Crippen molar-refractivity contribution in [2.75, 3.05) is 6.54 Å². The number of nitrogens with two attached hydrogens (primary N) is 1. The van der Waals surface area contributed by atoms with Gasteiger partial charge >= 0.3 is 0 Å². The fourth-order valence-corrected chi connectivity index (χ4v) is 3.14. The number of thiocarbonyl (C=S) groups is 1. The van der Waals surface area contributed by atoms with Gasteiger partial charge < -0.3 is 15.9 Å². The van der Waals surface area contributed by atoms with Crippen LogP contribution in [-0.4, -0.2) is 24.0 Å². The van der Waals surface area contributed by atoms with Crippen LogP contribution in [0.15, 0.2) is 5.16 Å². The third kappa shape index (κ3) is 2.96. The molecule has 1 aliphatic carbocycles. The molecule has 0 radical (unpaired) electrons. The molecule has 0 aromatic heterocycles. The van der Waals surface area contributed by atoms with E-state index in [2.05, 4.69) is 17.4 Å². The van der Waals surface area contributed by atoms with Crippen molar-refractivity contribution in [3.8, 4) is 0 Å². The van der Waals surface area contributed by atoms with E-state index in [9.17, 15) is 0 Å². The topological polar surface area (TPSA) is 59.6 Å². The van der Waals surface area contributed by atoms with Crippen molar-refractivity contribution >= 4 is 23.4 Å². The molecule has 3 N–H and O–H groups in total. The molecule has 0 aromatic rings. The van der Waals surface area contributed by atoms with Crippen LogP contribution in [0.1, 0.15) is 39.0 Å². The molecular formula is C12H21N3OS. The molecule has 96 valence electrons. The Morgan fingerprint density at radius 2 is 2.53 bits per heavy atom. The second-order valence-electron chi connectivity index (χ2n) is 5.43. The number of nitrogens with one attached hydrogen (secondary N) is 1. The fourth-order valence-electron chi connectivity index (χ4n) is 3.02. The van der Waals surface area contributed by atoms with Crippen molar-refractivity contribution < 1.29 is 4.84 Å². The van der Waals surface area contributed by atoms with Crippen molar-refractivity contribution in [3.05, 3.63) is 0 Å². The SMILES string of the molecule is CC1CCCC(CN)(CC2=NOC(C=S)N2)C1. The third-order valence-corrected chi connectivity index (χ3v) is 4.12. The Kier molecular flexibility index (Phi) is 3.99. The first-order valence-electron chi connectivity index (χ1n) is 6.32. The first-order chi connectivity index (χ1) is 8.17. The highest BCUT2D eigenvalue weighted by atomic mass is 32.1. The molecule has 0 bridgehead atoms. The smallest absolute Gasteiger partial charge is 0.227 e. The molecule has 2 rings (SSSR count). The number of rotatable bonds is 4. The first kappa shape index (κ1) is 12.8. The number of nitrogens with zero attached hydrogens (tertiary/aromatic N) is 1. The van der Waals surface area contributed by atoms with Gasteiger partial charge in [0.1, 0.15) is 5.84 Å². The summed E-state index contributed by atoms with van der Waals surface area (Å²) >= 11 is 4.83. The molecule has 4 nitrogen and oxygen atoms in total. The lowest BCUT2D eigenvalue weighted by atomic mass is 9.68. The van der Waals surface area contributed by atoms with E-state index in [1.165, 1.54) is 25.7 Å². The summed E-state index contributed by atoms with van der Waals surface area (Å²) in [6.45, 7) is 3.03. The number of hydrogen-bond acceptors (Lipinski definition) is 5. The summed E-state index contributed by atoms with van der Waals surface area (Å²) in [6, 6.07) is 0. The molecule has 0 spiro atoms. The van der Waals surface area contributed by atoms with Gasteiger partial charge in [-0.2, -0.15) is 0 Å². The summed E-state index contributed by atoms with van der Waals surface area (Å²) in [5, 5.41) is 8.78. The Morgan fingerprint density at radius 3 is 3.12 bits per heavy atom. The van der Waals surface area contributed by atoms with E-state index in [0.717, 1.165) is 24.7 Å². The molecule has 1 fully saturated rings. The van der Waals surface area contributed by atoms with Crippen LogP contribution in [0.5, 0.6) is 0 Å². The lowest BCUT2D eigenvalue weighted by Crippen LogP contribution is -2.41. The largest absolute Gasteiger partial charge is 0.364 e. The molecular weight excluding hydrogens is 234 g/mol. The van der Waals surface area contributed by atoms with Crippen LogP contribution < -0.4 is 11.1 Å². The molecule has 0 saturated heterocycles. The fraction of sp³-hybridized carbons (Fsp3) is 0.833. The molecule has 5 heteroatoms. The zero-order valence-corrected chi connectivity index (χ0v) is 11.1. The van der Waals surface area contributed by atoms with E-state index in [1.807, 2.05) is 0 Å². The summed E-state index contributed by atoms with van der Waals surface area (Å²) in [4.78, 5) is 5.15. The molecule has 0 amide bonds. The summed E-state index contributed by atoms with van der Waals surface area (Å²) in [6.07, 6.45) is 5.61. The maximum Gasteiger partial charge on any atom is 0.227 e. The summed E-state index contributed by atoms with van der Waals surface area (Å²) in [5.74, 6) is 1.66. The van der Waals surface area contributed by atoms with Crippen LogP contribution in [0.2, 0.25) is 0 Å². The second kappa shape index (κ2) is 5.31. The molecule has 1 heterocycles. The predicted octanol–water partition coefficient (Wildman–Crippen LogP) is 1.79. The normalized spacial score (nSPS) is 36.9.